The number of unbranched alkanes of at least 4 members (excludes halogenated alkanes) is 2. The van der Waals surface area contributed by atoms with Crippen LogP contribution < -0.4 is 5.56 Å². The Bertz CT molecular complexity index is 789. The summed E-state index contributed by atoms with van der Waals surface area (Å²) < 4.78 is 1.89. The van der Waals surface area contributed by atoms with Crippen LogP contribution in [0.4, 0.5) is 0 Å². The van der Waals surface area contributed by atoms with E-state index in [2.05, 4.69) is 21.9 Å². The number of imidazole rings is 1. The summed E-state index contributed by atoms with van der Waals surface area (Å²) in [7, 11) is 0. The lowest BCUT2D eigenvalue weighted by molar-refractivity contribution is 0.612. The summed E-state index contributed by atoms with van der Waals surface area (Å²) in [6, 6.07) is 9.61. The Morgan fingerprint density at radius 3 is 2.76 bits per heavy atom. The van der Waals surface area contributed by atoms with Crippen LogP contribution in [0.25, 0.3) is 22.6 Å². The van der Waals surface area contributed by atoms with E-state index < -0.39 is 0 Å². The molecule has 0 saturated heterocycles. The zero-order chi connectivity index (χ0) is 14.7. The quantitative estimate of drug-likeness (QED) is 0.732. The maximum atomic E-state index is 12.3. The van der Waals surface area contributed by atoms with E-state index in [4.69, 9.17) is 0 Å². The number of hydrogen-bond acceptors (Lipinski definition) is 3. The first-order valence-electron chi connectivity index (χ1n) is 7.30. The van der Waals surface area contributed by atoms with Crippen LogP contribution in [0, 0.1) is 0 Å². The second-order valence-electron chi connectivity index (χ2n) is 5.10. The van der Waals surface area contributed by atoms with Crippen LogP contribution in [0.5, 0.6) is 0 Å². The maximum absolute atomic E-state index is 12.3. The van der Waals surface area contributed by atoms with E-state index in [9.17, 15) is 4.79 Å². The van der Waals surface area contributed by atoms with Crippen LogP contribution >= 0.6 is 0 Å². The van der Waals surface area contributed by atoms with Crippen LogP contribution in [-0.2, 0) is 6.54 Å². The Balaban J connectivity index is 2.01. The number of rotatable bonds is 5. The van der Waals surface area contributed by atoms with Crippen LogP contribution in [0.3, 0.4) is 0 Å². The zero-order valence-corrected chi connectivity index (χ0v) is 12.0. The monoisotopic (exact) mass is 282 g/mol. The molecule has 0 spiro atoms. The molecular weight excluding hydrogens is 264 g/mol. The molecule has 2 aromatic heterocycles. The van der Waals surface area contributed by atoms with Gasteiger partial charge in [0.1, 0.15) is 5.82 Å². The molecule has 0 radical (unpaired) electrons. The molecule has 0 amide bonds. The standard InChI is InChI=1S/C16H18N4O/c1-2-3-7-10-20-11-17-15-13(20)16(21)19-14(18-15)12-8-5-4-6-9-12/h4-6,8-9,11H,2-3,7,10H2,1H3,(H,18,19,21). The molecule has 108 valence electrons. The number of nitrogens with one attached hydrogen (secondary N) is 1. The molecule has 3 rings (SSSR count). The van der Waals surface area contributed by atoms with Gasteiger partial charge in [-0.05, 0) is 6.42 Å². The molecule has 1 aromatic carbocycles. The first-order chi connectivity index (χ1) is 10.3. The molecule has 1 N–H and O–H groups in total. The average molecular weight is 282 g/mol. The lowest BCUT2D eigenvalue weighted by Gasteiger charge is -2.04. The third-order valence-electron chi connectivity index (χ3n) is 3.53. The molecule has 0 aliphatic rings. The van der Waals surface area contributed by atoms with Crippen molar-refractivity contribution in [3.05, 3.63) is 47.0 Å². The van der Waals surface area contributed by atoms with Crippen molar-refractivity contribution in [3.63, 3.8) is 0 Å². The van der Waals surface area contributed by atoms with E-state index in [1.807, 2.05) is 34.9 Å². The summed E-state index contributed by atoms with van der Waals surface area (Å²) >= 11 is 0. The van der Waals surface area contributed by atoms with E-state index in [1.165, 1.54) is 0 Å². The van der Waals surface area contributed by atoms with Crippen LogP contribution in [-0.4, -0.2) is 19.5 Å². The van der Waals surface area contributed by atoms with Gasteiger partial charge in [0, 0.05) is 12.1 Å². The molecule has 0 atom stereocenters. The van der Waals surface area contributed by atoms with Gasteiger partial charge in [-0.1, -0.05) is 50.1 Å². The highest BCUT2D eigenvalue weighted by atomic mass is 16.1. The Morgan fingerprint density at radius 1 is 1.19 bits per heavy atom. The van der Waals surface area contributed by atoms with E-state index in [0.717, 1.165) is 31.4 Å². The van der Waals surface area contributed by atoms with Crippen molar-refractivity contribution in [1.82, 2.24) is 19.5 Å². The normalized spacial score (nSPS) is 11.1. The summed E-state index contributed by atoms with van der Waals surface area (Å²) in [5, 5.41) is 0. The first kappa shape index (κ1) is 13.5. The van der Waals surface area contributed by atoms with Gasteiger partial charge in [0.05, 0.1) is 6.33 Å². The summed E-state index contributed by atoms with van der Waals surface area (Å²) in [5.41, 5.74) is 1.82. The molecule has 0 saturated carbocycles. The predicted molar refractivity (Wildman–Crippen MR) is 83.1 cm³/mol. The number of aromatic amines is 1. The number of benzene rings is 1. The van der Waals surface area contributed by atoms with Crippen LogP contribution in [0.15, 0.2) is 41.5 Å². The molecule has 0 unspecified atom stereocenters. The summed E-state index contributed by atoms with van der Waals surface area (Å²) in [6.45, 7) is 2.96. The fourth-order valence-corrected chi connectivity index (χ4v) is 2.42. The molecule has 2 heterocycles. The lowest BCUT2D eigenvalue weighted by atomic mass is 10.2. The SMILES string of the molecule is CCCCCn1cnc2nc(-c3ccccc3)[nH]c(=O)c21. The first-order valence-corrected chi connectivity index (χ1v) is 7.30. The van der Waals surface area contributed by atoms with Gasteiger partial charge in [0.15, 0.2) is 11.2 Å². The fraction of sp³-hybridized carbons (Fsp3) is 0.312. The average Bonchev–Trinajstić information content (AvgIpc) is 2.92. The number of hydrogen-bond donors (Lipinski definition) is 1. The molecule has 0 aliphatic heterocycles. The Labute approximate surface area is 122 Å². The Hall–Kier alpha value is -2.43. The van der Waals surface area contributed by atoms with Crippen LogP contribution in [0.1, 0.15) is 26.2 Å². The Kier molecular flexibility index (Phi) is 3.81. The highest BCUT2D eigenvalue weighted by molar-refractivity contribution is 5.72. The number of H-pyrrole nitrogens is 1. The molecular formula is C16H18N4O. The molecule has 21 heavy (non-hydrogen) atoms. The fourth-order valence-electron chi connectivity index (χ4n) is 2.42. The van der Waals surface area contributed by atoms with E-state index >= 15 is 0 Å². The van der Waals surface area contributed by atoms with Crippen molar-refractivity contribution in [2.45, 2.75) is 32.7 Å². The Morgan fingerprint density at radius 2 is 2.00 bits per heavy atom. The topological polar surface area (TPSA) is 63.6 Å². The zero-order valence-electron chi connectivity index (χ0n) is 12.0. The van der Waals surface area contributed by atoms with Gasteiger partial charge >= 0.3 is 0 Å². The minimum Gasteiger partial charge on any atom is -0.325 e. The van der Waals surface area contributed by atoms with Crippen LogP contribution in [0.2, 0.25) is 0 Å². The van der Waals surface area contributed by atoms with Crippen molar-refractivity contribution < 1.29 is 0 Å². The van der Waals surface area contributed by atoms with E-state index in [-0.39, 0.29) is 5.56 Å². The number of aryl methyl sites for hydroxylation is 1. The van der Waals surface area contributed by atoms with Gasteiger partial charge in [-0.25, -0.2) is 9.97 Å². The van der Waals surface area contributed by atoms with Gasteiger partial charge in [-0.2, -0.15) is 0 Å². The van der Waals surface area contributed by atoms with Gasteiger partial charge in [-0.3, -0.25) is 4.79 Å². The minimum atomic E-state index is -0.132. The van der Waals surface area contributed by atoms with Gasteiger partial charge in [0.2, 0.25) is 0 Å². The van der Waals surface area contributed by atoms with E-state index in [1.54, 1.807) is 6.33 Å². The van der Waals surface area contributed by atoms with Gasteiger partial charge < -0.3 is 9.55 Å². The number of nitrogens with zero attached hydrogens (tertiary/aromatic N) is 3. The third kappa shape index (κ3) is 2.72. The summed E-state index contributed by atoms with van der Waals surface area (Å²) in [6.07, 6.45) is 5.05. The summed E-state index contributed by atoms with van der Waals surface area (Å²) in [5.74, 6) is 0.562. The van der Waals surface area contributed by atoms with Crippen molar-refractivity contribution in [3.8, 4) is 11.4 Å². The lowest BCUT2D eigenvalue weighted by Crippen LogP contribution is -2.13. The molecule has 0 aliphatic carbocycles. The van der Waals surface area contributed by atoms with Crippen molar-refractivity contribution in [2.75, 3.05) is 0 Å². The molecule has 5 nitrogen and oxygen atoms in total. The molecule has 0 bridgehead atoms. The number of aromatic nitrogens is 4. The summed E-state index contributed by atoms with van der Waals surface area (Å²) in [4.78, 5) is 23.9. The highest BCUT2D eigenvalue weighted by Crippen LogP contribution is 2.15. The predicted octanol–water partition coefficient (Wildman–Crippen LogP) is 2.98. The van der Waals surface area contributed by atoms with Gasteiger partial charge in [-0.15, -0.1) is 0 Å². The minimum absolute atomic E-state index is 0.132. The van der Waals surface area contributed by atoms with Gasteiger partial charge in [0.25, 0.3) is 5.56 Å². The highest BCUT2D eigenvalue weighted by Gasteiger charge is 2.11. The molecule has 5 heteroatoms. The van der Waals surface area contributed by atoms with E-state index in [0.29, 0.717) is 17.0 Å². The van der Waals surface area contributed by atoms with Crippen molar-refractivity contribution >= 4 is 11.2 Å². The third-order valence-corrected chi connectivity index (χ3v) is 3.53. The smallest absolute Gasteiger partial charge is 0.277 e. The largest absolute Gasteiger partial charge is 0.325 e. The van der Waals surface area contributed by atoms with Crippen molar-refractivity contribution in [1.29, 1.82) is 0 Å². The second kappa shape index (κ2) is 5.91. The molecule has 0 fully saturated rings. The maximum Gasteiger partial charge on any atom is 0.277 e. The van der Waals surface area contributed by atoms with Crippen molar-refractivity contribution in [2.24, 2.45) is 0 Å². The number of fused-ring (bicyclic) bond motifs is 1. The molecule has 3 aromatic rings. The second-order valence-corrected chi connectivity index (χ2v) is 5.10.